The van der Waals surface area contributed by atoms with Crippen molar-refractivity contribution in [2.24, 2.45) is 0 Å². The van der Waals surface area contributed by atoms with Gasteiger partial charge in [-0.2, -0.15) is 4.98 Å². The van der Waals surface area contributed by atoms with Crippen molar-refractivity contribution >= 4 is 40.3 Å². The van der Waals surface area contributed by atoms with Crippen LogP contribution >= 0.6 is 0 Å². The van der Waals surface area contributed by atoms with E-state index < -0.39 is 6.04 Å². The maximum Gasteiger partial charge on any atom is 0.358 e. The number of amides is 2. The number of carbonyl (C=O) groups excluding carboxylic acids is 2. The minimum atomic E-state index is -0.745. The Morgan fingerprint density at radius 2 is 1.93 bits per heavy atom. The van der Waals surface area contributed by atoms with Gasteiger partial charge in [-0.15, -0.1) is 0 Å². The highest BCUT2D eigenvalue weighted by atomic mass is 16.5. The second kappa shape index (κ2) is 8.16. The van der Waals surface area contributed by atoms with Crippen molar-refractivity contribution in [2.45, 2.75) is 19.4 Å². The molecule has 0 unspecified atom stereocenters. The molecule has 0 fully saturated rings. The summed E-state index contributed by atoms with van der Waals surface area (Å²) in [6.45, 7) is 1.89. The summed E-state index contributed by atoms with van der Waals surface area (Å²) < 4.78 is 5.11. The molecule has 4 rings (SSSR count). The summed E-state index contributed by atoms with van der Waals surface area (Å²) in [6, 6.07) is 13.9. The molecule has 0 bridgehead atoms. The highest BCUT2D eigenvalue weighted by Crippen LogP contribution is 2.17. The number of nitrogens with zero attached hydrogens (tertiary/aromatic N) is 2. The van der Waals surface area contributed by atoms with Crippen molar-refractivity contribution in [1.29, 1.82) is 0 Å². The Kier molecular flexibility index (Phi) is 5.25. The molecule has 2 aromatic carbocycles. The van der Waals surface area contributed by atoms with Crippen LogP contribution in [0.25, 0.3) is 10.9 Å². The first-order valence-corrected chi connectivity index (χ1v) is 9.40. The van der Waals surface area contributed by atoms with Crippen LogP contribution in [-0.2, 0) is 9.59 Å². The van der Waals surface area contributed by atoms with Gasteiger partial charge in [0.15, 0.2) is 6.04 Å². The van der Waals surface area contributed by atoms with Gasteiger partial charge in [0.05, 0.1) is 24.7 Å². The molecule has 1 aliphatic rings. The highest BCUT2D eigenvalue weighted by molar-refractivity contribution is 6.05. The average molecular weight is 405 g/mol. The number of guanidine groups is 1. The first kappa shape index (κ1) is 19.3. The summed E-state index contributed by atoms with van der Waals surface area (Å²) in [6.07, 6.45) is 0.00474. The lowest BCUT2D eigenvalue weighted by Crippen LogP contribution is -2.89. The van der Waals surface area contributed by atoms with Crippen molar-refractivity contribution in [2.75, 3.05) is 17.7 Å². The molecule has 0 saturated carbocycles. The number of aromatic nitrogens is 2. The SMILES string of the molecule is COc1ccc(NC(=O)[C@@H]2CC(=O)NC(Nc3nc(C)c4ccccc4n3)=[NH+]2)cc1. The average Bonchev–Trinajstić information content (AvgIpc) is 2.74. The minimum absolute atomic E-state index is 0.00474. The molecule has 3 aromatic rings. The molecule has 0 saturated heterocycles. The normalized spacial score (nSPS) is 15.9. The smallest absolute Gasteiger partial charge is 0.358 e. The Morgan fingerprint density at radius 1 is 1.17 bits per heavy atom. The quantitative estimate of drug-likeness (QED) is 0.497. The van der Waals surface area contributed by atoms with Crippen molar-refractivity contribution in [3.05, 3.63) is 54.2 Å². The van der Waals surface area contributed by atoms with Gasteiger partial charge in [-0.25, -0.2) is 15.6 Å². The highest BCUT2D eigenvalue weighted by Gasteiger charge is 2.31. The van der Waals surface area contributed by atoms with Gasteiger partial charge in [-0.3, -0.25) is 14.6 Å². The van der Waals surface area contributed by atoms with E-state index >= 15 is 0 Å². The standard InChI is InChI=1S/C21H20N6O3/c1-12-15-5-3-4-6-16(15)24-20(22-12)27-21-25-17(11-18(28)26-21)19(29)23-13-7-9-14(30-2)10-8-13/h3-10,17H,11H2,1-2H3,(H,23,29)(H2,22,24,25,26,27,28)/p+1/t17-/m0/s1. The maximum atomic E-state index is 12.6. The minimum Gasteiger partial charge on any atom is -0.497 e. The van der Waals surface area contributed by atoms with Gasteiger partial charge in [0, 0.05) is 11.1 Å². The molecule has 152 valence electrons. The lowest BCUT2D eigenvalue weighted by molar-refractivity contribution is -0.490. The van der Waals surface area contributed by atoms with Gasteiger partial charge in [-0.05, 0) is 37.3 Å². The lowest BCUT2D eigenvalue weighted by atomic mass is 10.1. The fourth-order valence-corrected chi connectivity index (χ4v) is 3.17. The van der Waals surface area contributed by atoms with Gasteiger partial charge >= 0.3 is 5.96 Å². The van der Waals surface area contributed by atoms with Gasteiger partial charge in [0.1, 0.15) is 5.75 Å². The molecule has 30 heavy (non-hydrogen) atoms. The Balaban J connectivity index is 1.52. The van der Waals surface area contributed by atoms with Crippen LogP contribution in [0.3, 0.4) is 0 Å². The van der Waals surface area contributed by atoms with E-state index in [0.717, 1.165) is 16.6 Å². The third-order valence-corrected chi connectivity index (χ3v) is 4.68. The van der Waals surface area contributed by atoms with Crippen LogP contribution in [0.1, 0.15) is 12.1 Å². The van der Waals surface area contributed by atoms with Gasteiger partial charge in [0.2, 0.25) is 0 Å². The number of aryl methyl sites for hydroxylation is 1. The van der Waals surface area contributed by atoms with E-state index in [1.54, 1.807) is 31.4 Å². The molecule has 1 aromatic heterocycles. The number of carbonyl (C=O) groups is 2. The summed E-state index contributed by atoms with van der Waals surface area (Å²) in [7, 11) is 1.57. The van der Waals surface area contributed by atoms with Crippen LogP contribution in [0, 0.1) is 6.92 Å². The van der Waals surface area contributed by atoms with Crippen molar-refractivity contribution < 1.29 is 19.3 Å². The number of benzene rings is 2. The van der Waals surface area contributed by atoms with Gasteiger partial charge < -0.3 is 10.1 Å². The molecule has 1 aliphatic heterocycles. The molecule has 2 amide bonds. The van der Waals surface area contributed by atoms with E-state index in [9.17, 15) is 9.59 Å². The van der Waals surface area contributed by atoms with E-state index in [-0.39, 0.29) is 24.2 Å². The zero-order chi connectivity index (χ0) is 21.1. The number of nitrogens with one attached hydrogen (secondary N) is 4. The summed E-state index contributed by atoms with van der Waals surface area (Å²) in [4.78, 5) is 36.7. The second-order valence-corrected chi connectivity index (χ2v) is 6.82. The van der Waals surface area contributed by atoms with E-state index in [2.05, 4.69) is 30.9 Å². The first-order chi connectivity index (χ1) is 14.5. The molecule has 9 nitrogen and oxygen atoms in total. The van der Waals surface area contributed by atoms with Crippen molar-refractivity contribution in [3.8, 4) is 5.75 Å². The van der Waals surface area contributed by atoms with E-state index in [1.165, 1.54) is 0 Å². The summed E-state index contributed by atoms with van der Waals surface area (Å²) in [5, 5.41) is 9.38. The van der Waals surface area contributed by atoms with Gasteiger partial charge in [-0.1, -0.05) is 18.2 Å². The lowest BCUT2D eigenvalue weighted by Gasteiger charge is -2.17. The molecule has 9 heteroatoms. The molecule has 1 atom stereocenters. The summed E-state index contributed by atoms with van der Waals surface area (Å²) >= 11 is 0. The summed E-state index contributed by atoms with van der Waals surface area (Å²) in [5.74, 6) is 0.656. The number of fused-ring (bicyclic) bond motifs is 1. The molecule has 4 N–H and O–H groups in total. The number of hydrogen-bond donors (Lipinski definition) is 4. The monoisotopic (exact) mass is 405 g/mol. The molecule has 0 radical (unpaired) electrons. The van der Waals surface area contributed by atoms with Crippen molar-refractivity contribution in [1.82, 2.24) is 15.3 Å². The molecular weight excluding hydrogens is 384 g/mol. The fraction of sp³-hybridized carbons (Fsp3) is 0.190. The van der Waals surface area contributed by atoms with Gasteiger partial charge in [0.25, 0.3) is 17.8 Å². The molecular formula is C21H21N6O3+. The maximum absolute atomic E-state index is 12.6. The third kappa shape index (κ3) is 4.19. The van der Waals surface area contributed by atoms with E-state index in [1.807, 2.05) is 31.2 Å². The van der Waals surface area contributed by atoms with Crippen LogP contribution in [0.2, 0.25) is 0 Å². The topological polar surface area (TPSA) is 119 Å². The molecule has 0 spiro atoms. The predicted octanol–water partition coefficient (Wildman–Crippen LogP) is 0.323. The van der Waals surface area contributed by atoms with Crippen LogP contribution in [-0.4, -0.2) is 40.9 Å². The fourth-order valence-electron chi connectivity index (χ4n) is 3.17. The van der Waals surface area contributed by atoms with Crippen LogP contribution in [0.15, 0.2) is 48.5 Å². The Hall–Kier alpha value is -4.01. The number of ether oxygens (including phenoxy) is 1. The number of methoxy groups -OCH3 is 1. The third-order valence-electron chi connectivity index (χ3n) is 4.68. The first-order valence-electron chi connectivity index (χ1n) is 9.40. The number of rotatable bonds is 4. The van der Waals surface area contributed by atoms with Crippen molar-refractivity contribution in [3.63, 3.8) is 0 Å². The zero-order valence-corrected chi connectivity index (χ0v) is 16.5. The Bertz CT molecular complexity index is 1140. The van der Waals surface area contributed by atoms with Crippen LogP contribution < -0.4 is 25.7 Å². The summed E-state index contributed by atoms with van der Waals surface area (Å²) in [5.41, 5.74) is 2.19. The Labute approximate surface area is 172 Å². The number of anilines is 2. The second-order valence-electron chi connectivity index (χ2n) is 6.82. The van der Waals surface area contributed by atoms with E-state index in [0.29, 0.717) is 17.4 Å². The Morgan fingerprint density at radius 3 is 2.70 bits per heavy atom. The molecule has 2 heterocycles. The largest absolute Gasteiger partial charge is 0.497 e. The number of hydrogen-bond acceptors (Lipinski definition) is 6. The number of para-hydroxylation sites is 1. The van der Waals surface area contributed by atoms with Crippen LogP contribution in [0.5, 0.6) is 5.75 Å². The van der Waals surface area contributed by atoms with E-state index in [4.69, 9.17) is 4.74 Å². The predicted molar refractivity (Wildman–Crippen MR) is 112 cm³/mol. The molecule has 0 aliphatic carbocycles. The van der Waals surface area contributed by atoms with Crippen LogP contribution in [0.4, 0.5) is 11.6 Å². The zero-order valence-electron chi connectivity index (χ0n) is 16.5.